The van der Waals surface area contributed by atoms with E-state index in [9.17, 15) is 14.7 Å². The first kappa shape index (κ1) is 67.5. The van der Waals surface area contributed by atoms with E-state index in [-0.39, 0.29) is 69.5 Å². The fourth-order valence-corrected chi connectivity index (χ4v) is 15.6. The fourth-order valence-electron chi connectivity index (χ4n) is 13.0. The number of Topliss-reactive ketones (excluding diaryl/α,β-unsaturated/α-hetero) is 1. The highest BCUT2D eigenvalue weighted by molar-refractivity contribution is 7.99. The second kappa shape index (κ2) is 33.3. The van der Waals surface area contributed by atoms with Crippen molar-refractivity contribution < 1.29 is 19.5 Å². The average molecular weight is 1140 g/mol. The van der Waals surface area contributed by atoms with Crippen LogP contribution in [0.3, 0.4) is 0 Å². The topological polar surface area (TPSA) is 102 Å². The zero-order valence-corrected chi connectivity index (χ0v) is 55.0. The van der Waals surface area contributed by atoms with Crippen molar-refractivity contribution in [3.63, 3.8) is 0 Å². The molecule has 4 unspecified atom stereocenters. The molecule has 5 rings (SSSR count). The van der Waals surface area contributed by atoms with Gasteiger partial charge in [0.05, 0.1) is 27.9 Å². The molecule has 0 radical (unpaired) electrons. The molecular weight excluding hydrogens is 1020 g/mol. The fraction of sp³-hybridized carbons (Fsp3) is 0.743. The summed E-state index contributed by atoms with van der Waals surface area (Å²) in [4.78, 5) is 45.3. The first-order valence-corrected chi connectivity index (χ1v) is 35.1. The van der Waals surface area contributed by atoms with Crippen LogP contribution in [0.25, 0.3) is 11.1 Å². The molecule has 10 heteroatoms. The molecule has 450 valence electrons. The lowest BCUT2D eigenvalue weighted by molar-refractivity contribution is -0.117. The number of hydrogen-bond acceptors (Lipinski definition) is 7. The Morgan fingerprint density at radius 3 is 1.54 bits per heavy atom. The number of rotatable bonds is 39. The maximum atomic E-state index is 15.0. The predicted molar refractivity (Wildman–Crippen MR) is 351 cm³/mol. The van der Waals surface area contributed by atoms with Gasteiger partial charge in [-0.05, 0) is 153 Å². The van der Waals surface area contributed by atoms with E-state index in [1.807, 2.05) is 0 Å². The lowest BCUT2D eigenvalue weighted by atomic mass is 9.76. The van der Waals surface area contributed by atoms with Crippen molar-refractivity contribution in [2.24, 2.45) is 11.8 Å². The summed E-state index contributed by atoms with van der Waals surface area (Å²) in [6.45, 7) is 31.5. The first-order valence-electron chi connectivity index (χ1n) is 32.8. The number of carbonyl (C=O) groups excluding carboxylic acids is 3. The minimum Gasteiger partial charge on any atom is -0.506 e. The average Bonchev–Trinajstić information content (AvgIpc) is 3.73. The van der Waals surface area contributed by atoms with Crippen LogP contribution in [-0.4, -0.2) is 69.9 Å². The number of carbonyl (C=O) groups is 3. The number of benzene rings is 2. The maximum Gasteiger partial charge on any atom is 0.224 e. The monoisotopic (exact) mass is 1140 g/mol. The van der Waals surface area contributed by atoms with Crippen LogP contribution >= 0.6 is 23.5 Å². The molecule has 0 bridgehead atoms. The molecule has 80 heavy (non-hydrogen) atoms. The van der Waals surface area contributed by atoms with Crippen LogP contribution in [0.4, 0.5) is 17.1 Å². The molecule has 2 aromatic rings. The SMILES string of the molecule is CCCCC(CC)CSCCCCCCCCCCC(=O)Nc1cc2c(cc1C1=C(O)/C(=c3/cc4c(cc3NC(=O)CCCCCCCCCCSCC(CC)CCCC)=[N+](C(C)C)C(C)C4(C)C)C1=O)C(C)(C)C(C)N2C(C)C. The molecule has 1 aliphatic carbocycles. The third kappa shape index (κ3) is 17.9. The maximum absolute atomic E-state index is 15.0. The lowest BCUT2D eigenvalue weighted by Crippen LogP contribution is -2.42. The number of anilines is 3. The Hall–Kier alpha value is -3.24. The van der Waals surface area contributed by atoms with Crippen LogP contribution in [0, 0.1) is 11.8 Å². The molecule has 3 aliphatic rings. The van der Waals surface area contributed by atoms with Gasteiger partial charge >= 0.3 is 0 Å². The van der Waals surface area contributed by atoms with E-state index in [0.29, 0.717) is 35.0 Å². The summed E-state index contributed by atoms with van der Waals surface area (Å²) in [5.41, 5.74) is 4.83. The summed E-state index contributed by atoms with van der Waals surface area (Å²) in [6, 6.07) is 8.99. The van der Waals surface area contributed by atoms with E-state index in [2.05, 4.69) is 165 Å². The molecule has 2 aliphatic heterocycles. The first-order chi connectivity index (χ1) is 38.3. The van der Waals surface area contributed by atoms with Crippen LogP contribution in [0.1, 0.15) is 281 Å². The van der Waals surface area contributed by atoms with Crippen LogP contribution in [-0.2, 0) is 25.2 Å². The summed E-state index contributed by atoms with van der Waals surface area (Å²) in [6.07, 6.45) is 30.1. The van der Waals surface area contributed by atoms with E-state index < -0.39 is 0 Å². The number of nitrogens with zero attached hydrogens (tertiary/aromatic N) is 2. The van der Waals surface area contributed by atoms with Gasteiger partial charge in [-0.3, -0.25) is 14.4 Å². The number of unbranched alkanes of at least 4 members (excludes halogenated alkanes) is 16. The van der Waals surface area contributed by atoms with Crippen LogP contribution in [0.5, 0.6) is 0 Å². The Balaban J connectivity index is 1.29. The van der Waals surface area contributed by atoms with E-state index in [1.54, 1.807) is 0 Å². The molecule has 0 fully saturated rings. The minimum absolute atomic E-state index is 0.0748. The summed E-state index contributed by atoms with van der Waals surface area (Å²) >= 11 is 4.31. The van der Waals surface area contributed by atoms with Crippen LogP contribution < -0.4 is 30.7 Å². The molecule has 0 spiro atoms. The highest BCUT2D eigenvalue weighted by Gasteiger charge is 2.48. The molecule has 4 atom stereocenters. The predicted octanol–water partition coefficient (Wildman–Crippen LogP) is 17.7. The third-order valence-electron chi connectivity index (χ3n) is 18.9. The van der Waals surface area contributed by atoms with Crippen molar-refractivity contribution in [2.75, 3.05) is 38.5 Å². The molecule has 3 N–H and O–H groups in total. The highest BCUT2D eigenvalue weighted by Crippen LogP contribution is 2.51. The second-order valence-corrected chi connectivity index (χ2v) is 28.6. The van der Waals surface area contributed by atoms with Gasteiger partial charge in [-0.15, -0.1) is 0 Å². The minimum atomic E-state index is -0.278. The molecule has 2 heterocycles. The largest absolute Gasteiger partial charge is 0.506 e. The summed E-state index contributed by atoms with van der Waals surface area (Å²) in [7, 11) is 0. The standard InChI is InChI=1S/C70H114N4O4S2/c1-15-19-37-53(17-3)47-79-41-35-31-27-23-21-25-29-33-39-63(75)71-59-45-61-57(69(11,12)51(9)73(61)49(5)6)43-55(59)65-67(77)66(68(65)78)56-44-58-62(74(50(7)8)52(10)70(58,13)14)46-60(56)72-64(76)40-34-30-26-22-24-28-32-36-42-80-48-54(18-4)38-20-16-2/h43-46,49-54H,15-42,47-48H2,1-14H3,(H2,71,72,75,76,77,78)/p+1. The summed E-state index contributed by atoms with van der Waals surface area (Å²) < 4.78 is 2.42. The van der Waals surface area contributed by atoms with E-state index in [0.717, 1.165) is 72.5 Å². The van der Waals surface area contributed by atoms with Crippen molar-refractivity contribution in [3.05, 3.63) is 57.3 Å². The van der Waals surface area contributed by atoms with Gasteiger partial charge in [0.25, 0.3) is 0 Å². The van der Waals surface area contributed by atoms with Crippen molar-refractivity contribution in [2.45, 2.75) is 299 Å². The van der Waals surface area contributed by atoms with E-state index in [1.165, 1.54) is 139 Å². The Labute approximate surface area is 497 Å². The lowest BCUT2D eigenvalue weighted by Gasteiger charge is -2.34. The van der Waals surface area contributed by atoms with Crippen molar-refractivity contribution in [1.29, 1.82) is 0 Å². The highest BCUT2D eigenvalue weighted by atomic mass is 32.2. The number of hydrogen-bond donors (Lipinski definition) is 3. The molecule has 0 saturated heterocycles. The Morgan fingerprint density at radius 2 is 1.09 bits per heavy atom. The molecular formula is C70H115N4O4S2+. The van der Waals surface area contributed by atoms with Gasteiger partial charge in [0.1, 0.15) is 11.8 Å². The number of nitrogens with one attached hydrogen (secondary N) is 2. The van der Waals surface area contributed by atoms with Crippen molar-refractivity contribution in [1.82, 2.24) is 4.58 Å². The zero-order chi connectivity index (χ0) is 58.6. The molecule has 2 aromatic carbocycles. The number of ketones is 1. The molecule has 0 saturated carbocycles. The Bertz CT molecular complexity index is 2470. The number of thioether (sulfide) groups is 2. The van der Waals surface area contributed by atoms with Gasteiger partial charge in [0, 0.05) is 58.4 Å². The number of amides is 2. The normalized spacial score (nSPS) is 18.8. The van der Waals surface area contributed by atoms with Gasteiger partial charge in [0.15, 0.2) is 6.04 Å². The number of allylic oxidation sites excluding steroid dienone is 2. The van der Waals surface area contributed by atoms with Gasteiger partial charge in [-0.2, -0.15) is 23.5 Å². The third-order valence-corrected chi connectivity index (χ3v) is 21.5. The van der Waals surface area contributed by atoms with Gasteiger partial charge in [0.2, 0.25) is 23.0 Å². The molecule has 2 amide bonds. The zero-order valence-electron chi connectivity index (χ0n) is 53.4. The molecule has 8 nitrogen and oxygen atoms in total. The number of aliphatic hydroxyl groups excluding tert-OH is 1. The number of fused-ring (bicyclic) bond motifs is 2. The van der Waals surface area contributed by atoms with Crippen molar-refractivity contribution >= 4 is 69.3 Å². The van der Waals surface area contributed by atoms with Crippen LogP contribution in [0.2, 0.25) is 0 Å². The van der Waals surface area contributed by atoms with Crippen LogP contribution in [0.15, 0.2) is 30.0 Å². The summed E-state index contributed by atoms with van der Waals surface area (Å²) in [5, 5.41) is 20.6. The number of aliphatic hydroxyl groups is 1. The molecule has 0 aromatic heterocycles. The van der Waals surface area contributed by atoms with E-state index >= 15 is 4.79 Å². The Morgan fingerprint density at radius 1 is 0.613 bits per heavy atom. The van der Waals surface area contributed by atoms with Crippen molar-refractivity contribution in [3.8, 4) is 0 Å². The smallest absolute Gasteiger partial charge is 0.224 e. The quantitative estimate of drug-likeness (QED) is 0.0453. The second-order valence-electron chi connectivity index (χ2n) is 26.3. The summed E-state index contributed by atoms with van der Waals surface area (Å²) in [5.74, 6) is 6.44. The van der Waals surface area contributed by atoms with Gasteiger partial charge in [-0.25, -0.2) is 4.58 Å². The van der Waals surface area contributed by atoms with Gasteiger partial charge in [-0.1, -0.05) is 157 Å². The van der Waals surface area contributed by atoms with E-state index in [4.69, 9.17) is 0 Å². The van der Waals surface area contributed by atoms with Gasteiger partial charge < -0.3 is 20.6 Å². The Kier molecular flexibility index (Phi) is 28.1.